The molecule has 22 heavy (non-hydrogen) atoms. The summed E-state index contributed by atoms with van der Waals surface area (Å²) in [5.41, 5.74) is 3.24. The van der Waals surface area contributed by atoms with Crippen molar-refractivity contribution in [1.29, 1.82) is 0 Å². The molecule has 1 aromatic carbocycles. The van der Waals surface area contributed by atoms with Gasteiger partial charge < -0.3 is 15.7 Å². The third-order valence-corrected chi connectivity index (χ3v) is 3.78. The van der Waals surface area contributed by atoms with Crippen molar-refractivity contribution in [2.45, 2.75) is 65.3 Å². The Hall–Kier alpha value is -1.55. The SMILES string of the molecule is CC(CCCO)NC(=O)Nc1c(C(C)C)cccc1C(C)C. The van der Waals surface area contributed by atoms with E-state index in [2.05, 4.69) is 56.5 Å². The molecule has 124 valence electrons. The third-order valence-electron chi connectivity index (χ3n) is 3.78. The highest BCUT2D eigenvalue weighted by molar-refractivity contribution is 5.91. The molecule has 4 heteroatoms. The maximum absolute atomic E-state index is 12.3. The highest BCUT2D eigenvalue weighted by Crippen LogP contribution is 2.32. The Morgan fingerprint density at radius 1 is 1.09 bits per heavy atom. The number of carbonyl (C=O) groups excluding carboxylic acids is 1. The van der Waals surface area contributed by atoms with Crippen molar-refractivity contribution in [3.8, 4) is 0 Å². The van der Waals surface area contributed by atoms with Crippen molar-refractivity contribution < 1.29 is 9.90 Å². The Morgan fingerprint density at radius 3 is 2.09 bits per heavy atom. The van der Waals surface area contributed by atoms with E-state index < -0.39 is 0 Å². The van der Waals surface area contributed by atoms with Crippen LogP contribution in [0.1, 0.15) is 70.4 Å². The van der Waals surface area contributed by atoms with Gasteiger partial charge in [0.15, 0.2) is 0 Å². The van der Waals surface area contributed by atoms with Crippen LogP contribution in [0, 0.1) is 0 Å². The lowest BCUT2D eigenvalue weighted by atomic mass is 9.93. The Morgan fingerprint density at radius 2 is 1.64 bits per heavy atom. The highest BCUT2D eigenvalue weighted by Gasteiger charge is 2.16. The molecule has 0 fully saturated rings. The summed E-state index contributed by atoms with van der Waals surface area (Å²) in [5.74, 6) is 0.696. The van der Waals surface area contributed by atoms with Crippen LogP contribution in [0.25, 0.3) is 0 Å². The van der Waals surface area contributed by atoms with E-state index in [0.29, 0.717) is 18.3 Å². The van der Waals surface area contributed by atoms with Crippen molar-refractivity contribution in [2.75, 3.05) is 11.9 Å². The molecular weight excluding hydrogens is 276 g/mol. The summed E-state index contributed by atoms with van der Waals surface area (Å²) in [6, 6.07) is 6.06. The first-order chi connectivity index (χ1) is 10.4. The molecule has 0 radical (unpaired) electrons. The topological polar surface area (TPSA) is 61.4 Å². The molecule has 0 aliphatic heterocycles. The van der Waals surface area contributed by atoms with Gasteiger partial charge in [0.1, 0.15) is 0 Å². The number of carbonyl (C=O) groups is 1. The number of rotatable bonds is 7. The number of amides is 2. The quantitative estimate of drug-likeness (QED) is 0.706. The van der Waals surface area contributed by atoms with Gasteiger partial charge in [-0.05, 0) is 42.7 Å². The van der Waals surface area contributed by atoms with Crippen LogP contribution in [0.5, 0.6) is 0 Å². The molecule has 0 bridgehead atoms. The normalized spacial score (nSPS) is 12.5. The van der Waals surface area contributed by atoms with Gasteiger partial charge in [-0.1, -0.05) is 45.9 Å². The summed E-state index contributed by atoms with van der Waals surface area (Å²) in [6.07, 6.45) is 1.47. The summed E-state index contributed by atoms with van der Waals surface area (Å²) in [4.78, 5) is 12.3. The van der Waals surface area contributed by atoms with Crippen LogP contribution in [-0.4, -0.2) is 23.8 Å². The lowest BCUT2D eigenvalue weighted by molar-refractivity contribution is 0.245. The lowest BCUT2D eigenvalue weighted by Crippen LogP contribution is -2.36. The minimum atomic E-state index is -0.180. The van der Waals surface area contributed by atoms with Crippen LogP contribution < -0.4 is 10.6 Å². The number of para-hydroxylation sites is 1. The fourth-order valence-corrected chi connectivity index (χ4v) is 2.54. The van der Waals surface area contributed by atoms with Crippen LogP contribution in [0.2, 0.25) is 0 Å². The number of hydrogen-bond acceptors (Lipinski definition) is 2. The first-order valence-corrected chi connectivity index (χ1v) is 8.18. The molecular formula is C18H30N2O2. The number of aliphatic hydroxyl groups is 1. The number of urea groups is 1. The van der Waals surface area contributed by atoms with Crippen molar-refractivity contribution in [1.82, 2.24) is 5.32 Å². The van der Waals surface area contributed by atoms with Gasteiger partial charge in [0.05, 0.1) is 0 Å². The van der Waals surface area contributed by atoms with E-state index in [1.807, 2.05) is 6.92 Å². The molecule has 0 heterocycles. The van der Waals surface area contributed by atoms with Crippen LogP contribution >= 0.6 is 0 Å². The molecule has 0 aromatic heterocycles. The molecule has 0 aliphatic rings. The lowest BCUT2D eigenvalue weighted by Gasteiger charge is -2.21. The van der Waals surface area contributed by atoms with E-state index in [1.165, 1.54) is 0 Å². The van der Waals surface area contributed by atoms with Crippen LogP contribution in [-0.2, 0) is 0 Å². The Labute approximate surface area is 134 Å². The standard InChI is InChI=1S/C18H30N2O2/c1-12(2)15-9-6-10-16(13(3)4)17(15)20-18(22)19-14(5)8-7-11-21/h6,9-10,12-14,21H,7-8,11H2,1-5H3,(H2,19,20,22). The van der Waals surface area contributed by atoms with E-state index in [1.54, 1.807) is 0 Å². The predicted octanol–water partition coefficient (Wildman–Crippen LogP) is 4.22. The van der Waals surface area contributed by atoms with Crippen molar-refractivity contribution in [2.24, 2.45) is 0 Å². The monoisotopic (exact) mass is 306 g/mol. The van der Waals surface area contributed by atoms with Gasteiger partial charge in [-0.25, -0.2) is 4.79 Å². The Bertz CT molecular complexity index is 458. The zero-order chi connectivity index (χ0) is 16.7. The van der Waals surface area contributed by atoms with Gasteiger partial charge in [0.25, 0.3) is 0 Å². The largest absolute Gasteiger partial charge is 0.396 e. The molecule has 0 saturated carbocycles. The number of hydrogen-bond donors (Lipinski definition) is 3. The van der Waals surface area contributed by atoms with E-state index in [-0.39, 0.29) is 18.7 Å². The second kappa shape index (κ2) is 8.79. The van der Waals surface area contributed by atoms with Crippen molar-refractivity contribution in [3.05, 3.63) is 29.3 Å². The summed E-state index contributed by atoms with van der Waals surface area (Å²) in [7, 11) is 0. The zero-order valence-corrected chi connectivity index (χ0v) is 14.4. The molecule has 0 spiro atoms. The maximum atomic E-state index is 12.3. The number of nitrogens with one attached hydrogen (secondary N) is 2. The van der Waals surface area contributed by atoms with Gasteiger partial charge in [-0.15, -0.1) is 0 Å². The van der Waals surface area contributed by atoms with Crippen LogP contribution in [0.3, 0.4) is 0 Å². The summed E-state index contributed by atoms with van der Waals surface area (Å²) in [5, 5.41) is 14.8. The number of benzene rings is 1. The summed E-state index contributed by atoms with van der Waals surface area (Å²) in [6.45, 7) is 10.6. The van der Waals surface area contributed by atoms with Gasteiger partial charge >= 0.3 is 6.03 Å². The molecule has 1 aromatic rings. The second-order valence-electron chi connectivity index (χ2n) is 6.49. The molecule has 0 saturated heterocycles. The smallest absolute Gasteiger partial charge is 0.319 e. The molecule has 2 amide bonds. The van der Waals surface area contributed by atoms with E-state index in [0.717, 1.165) is 23.2 Å². The predicted molar refractivity (Wildman–Crippen MR) is 92.6 cm³/mol. The minimum absolute atomic E-state index is 0.0425. The fraction of sp³-hybridized carbons (Fsp3) is 0.611. The number of aliphatic hydroxyl groups excluding tert-OH is 1. The Balaban J connectivity index is 2.89. The van der Waals surface area contributed by atoms with Crippen LogP contribution in [0.4, 0.5) is 10.5 Å². The first-order valence-electron chi connectivity index (χ1n) is 8.18. The van der Waals surface area contributed by atoms with E-state index >= 15 is 0 Å². The molecule has 3 N–H and O–H groups in total. The second-order valence-corrected chi connectivity index (χ2v) is 6.49. The molecule has 1 rings (SSSR count). The zero-order valence-electron chi connectivity index (χ0n) is 14.4. The third kappa shape index (κ3) is 5.34. The van der Waals surface area contributed by atoms with Crippen LogP contribution in [0.15, 0.2) is 18.2 Å². The average Bonchev–Trinajstić information content (AvgIpc) is 2.44. The molecule has 0 aliphatic carbocycles. The van der Waals surface area contributed by atoms with Gasteiger partial charge in [-0.2, -0.15) is 0 Å². The number of anilines is 1. The maximum Gasteiger partial charge on any atom is 0.319 e. The van der Waals surface area contributed by atoms with Gasteiger partial charge in [-0.3, -0.25) is 0 Å². The first kappa shape index (κ1) is 18.5. The molecule has 1 unspecified atom stereocenters. The Kier molecular flexibility index (Phi) is 7.39. The van der Waals surface area contributed by atoms with Crippen molar-refractivity contribution >= 4 is 11.7 Å². The van der Waals surface area contributed by atoms with E-state index in [4.69, 9.17) is 5.11 Å². The summed E-state index contributed by atoms with van der Waals surface area (Å²) >= 11 is 0. The fourth-order valence-electron chi connectivity index (χ4n) is 2.54. The minimum Gasteiger partial charge on any atom is -0.396 e. The summed E-state index contributed by atoms with van der Waals surface area (Å²) < 4.78 is 0. The van der Waals surface area contributed by atoms with Gasteiger partial charge in [0.2, 0.25) is 0 Å². The molecule has 4 nitrogen and oxygen atoms in total. The highest BCUT2D eigenvalue weighted by atomic mass is 16.3. The van der Waals surface area contributed by atoms with Crippen molar-refractivity contribution in [3.63, 3.8) is 0 Å². The average molecular weight is 306 g/mol. The molecule has 1 atom stereocenters. The van der Waals surface area contributed by atoms with E-state index in [9.17, 15) is 4.79 Å². The van der Waals surface area contributed by atoms with Gasteiger partial charge in [0, 0.05) is 18.3 Å².